The summed E-state index contributed by atoms with van der Waals surface area (Å²) in [5, 5.41) is 2.60. The highest BCUT2D eigenvalue weighted by molar-refractivity contribution is 5.87. The number of amides is 1. The topological polar surface area (TPSA) is 55.4 Å². The molecule has 0 aliphatic heterocycles. The molecule has 4 nitrogen and oxygen atoms in total. The zero-order valence-corrected chi connectivity index (χ0v) is 8.29. The number of nitrogens with one attached hydrogen (secondary N) is 1. The molecule has 0 fully saturated rings. The third-order valence-electron chi connectivity index (χ3n) is 1.62. The maximum atomic E-state index is 11.0. The molecule has 1 N–H and O–H groups in total. The minimum absolute atomic E-state index is 0.141. The van der Waals surface area contributed by atoms with E-state index in [-0.39, 0.29) is 24.3 Å². The van der Waals surface area contributed by atoms with Crippen molar-refractivity contribution in [3.05, 3.63) is 25.3 Å². The summed E-state index contributed by atoms with van der Waals surface area (Å²) in [6.45, 7) is 6.86. The molecule has 0 rings (SSSR count). The summed E-state index contributed by atoms with van der Waals surface area (Å²) < 4.78 is 4.49. The summed E-state index contributed by atoms with van der Waals surface area (Å²) in [7, 11) is 1.31. The lowest BCUT2D eigenvalue weighted by molar-refractivity contribution is -0.141. The van der Waals surface area contributed by atoms with Gasteiger partial charge in [-0.15, -0.1) is 6.58 Å². The van der Waals surface area contributed by atoms with Crippen LogP contribution in [0.15, 0.2) is 25.3 Å². The molecule has 0 aromatic carbocycles. The number of rotatable bonds is 6. The number of hydrogen-bond donors (Lipinski definition) is 1. The van der Waals surface area contributed by atoms with Gasteiger partial charge in [0, 0.05) is 6.04 Å². The first kappa shape index (κ1) is 12.4. The Morgan fingerprint density at radius 2 is 2.14 bits per heavy atom. The predicted octanol–water partition coefficient (Wildman–Crippen LogP) is 0.796. The van der Waals surface area contributed by atoms with Crippen LogP contribution in [0.1, 0.15) is 12.8 Å². The first-order valence-corrected chi connectivity index (χ1v) is 4.24. The van der Waals surface area contributed by atoms with Crippen LogP contribution < -0.4 is 5.32 Å². The molecule has 0 heterocycles. The Balaban J connectivity index is 4.13. The molecule has 0 saturated carbocycles. The highest BCUT2D eigenvalue weighted by Gasteiger charge is 2.13. The van der Waals surface area contributed by atoms with Crippen molar-refractivity contribution < 1.29 is 14.3 Å². The van der Waals surface area contributed by atoms with E-state index in [1.54, 1.807) is 6.08 Å². The van der Waals surface area contributed by atoms with E-state index in [2.05, 4.69) is 23.2 Å². The minimum Gasteiger partial charge on any atom is -0.469 e. The molecule has 0 aliphatic rings. The molecule has 14 heavy (non-hydrogen) atoms. The molecule has 0 aliphatic carbocycles. The monoisotopic (exact) mass is 197 g/mol. The molecule has 0 aromatic rings. The second kappa shape index (κ2) is 6.88. The summed E-state index contributed by atoms with van der Waals surface area (Å²) in [5.74, 6) is -0.665. The molecule has 0 radical (unpaired) electrons. The van der Waals surface area contributed by atoms with Crippen LogP contribution in [0.25, 0.3) is 0 Å². The molecule has 0 spiro atoms. The van der Waals surface area contributed by atoms with Crippen LogP contribution in [0, 0.1) is 0 Å². The molecule has 4 heteroatoms. The maximum Gasteiger partial charge on any atom is 0.307 e. The number of hydrogen-bond acceptors (Lipinski definition) is 3. The van der Waals surface area contributed by atoms with Gasteiger partial charge in [0.2, 0.25) is 5.91 Å². The maximum absolute atomic E-state index is 11.0. The number of ether oxygens (including phenoxy) is 1. The Labute approximate surface area is 83.6 Å². The SMILES string of the molecule is C=CC[C@@H](CC(=O)OC)NC(=O)C=C. The Kier molecular flexibility index (Phi) is 6.11. The highest BCUT2D eigenvalue weighted by atomic mass is 16.5. The van der Waals surface area contributed by atoms with E-state index in [0.717, 1.165) is 6.08 Å². The van der Waals surface area contributed by atoms with Crippen molar-refractivity contribution in [2.75, 3.05) is 7.11 Å². The molecule has 1 amide bonds. The second-order valence-electron chi connectivity index (χ2n) is 2.71. The van der Waals surface area contributed by atoms with Crippen molar-refractivity contribution in [1.82, 2.24) is 5.32 Å². The van der Waals surface area contributed by atoms with E-state index in [1.165, 1.54) is 7.11 Å². The van der Waals surface area contributed by atoms with Gasteiger partial charge in [0.15, 0.2) is 0 Å². The van der Waals surface area contributed by atoms with Crippen LogP contribution in [-0.4, -0.2) is 25.0 Å². The van der Waals surface area contributed by atoms with Crippen molar-refractivity contribution in [3.8, 4) is 0 Å². The molecule has 0 bridgehead atoms. The predicted molar refractivity (Wildman–Crippen MR) is 53.6 cm³/mol. The van der Waals surface area contributed by atoms with Gasteiger partial charge in [0.05, 0.1) is 13.5 Å². The smallest absolute Gasteiger partial charge is 0.307 e. The number of esters is 1. The largest absolute Gasteiger partial charge is 0.469 e. The Morgan fingerprint density at radius 1 is 1.50 bits per heavy atom. The van der Waals surface area contributed by atoms with E-state index < -0.39 is 0 Å². The lowest BCUT2D eigenvalue weighted by Crippen LogP contribution is -2.35. The summed E-state index contributed by atoms with van der Waals surface area (Å²) in [4.78, 5) is 21.9. The van der Waals surface area contributed by atoms with Crippen LogP contribution in [-0.2, 0) is 14.3 Å². The summed E-state index contributed by atoms with van der Waals surface area (Å²) in [5.41, 5.74) is 0. The summed E-state index contributed by atoms with van der Waals surface area (Å²) in [6, 6.07) is -0.273. The Bertz CT molecular complexity index is 236. The van der Waals surface area contributed by atoms with Crippen molar-refractivity contribution in [2.24, 2.45) is 0 Å². The first-order valence-electron chi connectivity index (χ1n) is 4.24. The molecule has 0 saturated heterocycles. The van der Waals surface area contributed by atoms with Gasteiger partial charge in [-0.1, -0.05) is 12.7 Å². The van der Waals surface area contributed by atoms with E-state index in [1.807, 2.05) is 0 Å². The molecular formula is C10H15NO3. The summed E-state index contributed by atoms with van der Waals surface area (Å²) >= 11 is 0. The van der Waals surface area contributed by atoms with Crippen molar-refractivity contribution in [3.63, 3.8) is 0 Å². The molecule has 78 valence electrons. The zero-order chi connectivity index (χ0) is 11.0. The molecule has 0 unspecified atom stereocenters. The number of methoxy groups -OCH3 is 1. The molecular weight excluding hydrogens is 182 g/mol. The van der Waals surface area contributed by atoms with E-state index in [9.17, 15) is 9.59 Å². The van der Waals surface area contributed by atoms with Crippen LogP contribution in [0.5, 0.6) is 0 Å². The fraction of sp³-hybridized carbons (Fsp3) is 0.400. The van der Waals surface area contributed by atoms with Gasteiger partial charge in [-0.3, -0.25) is 9.59 Å². The van der Waals surface area contributed by atoms with Gasteiger partial charge >= 0.3 is 5.97 Å². The van der Waals surface area contributed by atoms with E-state index in [0.29, 0.717) is 6.42 Å². The fourth-order valence-corrected chi connectivity index (χ4v) is 0.939. The van der Waals surface area contributed by atoms with Gasteiger partial charge < -0.3 is 10.1 Å². The molecule has 0 aromatic heterocycles. The standard InChI is InChI=1S/C10H15NO3/c1-4-6-8(7-10(13)14-3)11-9(12)5-2/h4-5,8H,1-2,6-7H2,3H3,(H,11,12)/t8-/m0/s1. The van der Waals surface area contributed by atoms with Gasteiger partial charge in [-0.05, 0) is 12.5 Å². The highest BCUT2D eigenvalue weighted by Crippen LogP contribution is 2.00. The van der Waals surface area contributed by atoms with Crippen molar-refractivity contribution >= 4 is 11.9 Å². The quantitative estimate of drug-likeness (QED) is 0.389. The van der Waals surface area contributed by atoms with Crippen molar-refractivity contribution in [2.45, 2.75) is 18.9 Å². The van der Waals surface area contributed by atoms with E-state index >= 15 is 0 Å². The Morgan fingerprint density at radius 3 is 2.57 bits per heavy atom. The second-order valence-corrected chi connectivity index (χ2v) is 2.71. The third kappa shape index (κ3) is 5.13. The lowest BCUT2D eigenvalue weighted by atomic mass is 10.1. The van der Waals surface area contributed by atoms with Crippen LogP contribution in [0.4, 0.5) is 0 Å². The summed E-state index contributed by atoms with van der Waals surface area (Å²) in [6.07, 6.45) is 3.46. The first-order chi connectivity index (χ1) is 6.63. The minimum atomic E-state index is -0.360. The zero-order valence-electron chi connectivity index (χ0n) is 8.29. The average molecular weight is 197 g/mol. The third-order valence-corrected chi connectivity index (χ3v) is 1.62. The van der Waals surface area contributed by atoms with Crippen LogP contribution in [0.3, 0.4) is 0 Å². The van der Waals surface area contributed by atoms with E-state index in [4.69, 9.17) is 0 Å². The average Bonchev–Trinajstić information content (AvgIpc) is 2.17. The van der Waals surface area contributed by atoms with Gasteiger partial charge in [0.25, 0.3) is 0 Å². The lowest BCUT2D eigenvalue weighted by Gasteiger charge is -2.14. The van der Waals surface area contributed by atoms with Gasteiger partial charge in [-0.25, -0.2) is 0 Å². The van der Waals surface area contributed by atoms with Crippen molar-refractivity contribution in [1.29, 1.82) is 0 Å². The number of carbonyl (C=O) groups is 2. The van der Waals surface area contributed by atoms with Crippen LogP contribution in [0.2, 0.25) is 0 Å². The van der Waals surface area contributed by atoms with Gasteiger partial charge in [0.1, 0.15) is 0 Å². The fourth-order valence-electron chi connectivity index (χ4n) is 0.939. The Hall–Kier alpha value is -1.58. The normalized spacial score (nSPS) is 11.2. The van der Waals surface area contributed by atoms with Gasteiger partial charge in [-0.2, -0.15) is 0 Å². The molecule has 1 atom stereocenters. The van der Waals surface area contributed by atoms with Crippen LogP contribution >= 0.6 is 0 Å². The number of carbonyl (C=O) groups excluding carboxylic acids is 2.